The zero-order valence-electron chi connectivity index (χ0n) is 10.4. The van der Waals surface area contributed by atoms with Crippen molar-refractivity contribution < 1.29 is 14.6 Å². The van der Waals surface area contributed by atoms with Crippen LogP contribution in [0.2, 0.25) is 0 Å². The van der Waals surface area contributed by atoms with Crippen molar-refractivity contribution in [2.45, 2.75) is 13.0 Å². The van der Waals surface area contributed by atoms with Crippen molar-refractivity contribution in [3.05, 3.63) is 34.9 Å². The molecule has 0 radical (unpaired) electrons. The smallest absolute Gasteiger partial charge is 0.326 e. The van der Waals surface area contributed by atoms with E-state index in [1.54, 1.807) is 12.1 Å². The number of fused-ring (bicyclic) bond motifs is 1. The number of aliphatic carboxylic acids is 1. The molecule has 0 saturated heterocycles. The van der Waals surface area contributed by atoms with Gasteiger partial charge in [0.25, 0.3) is 5.56 Å². The maximum absolute atomic E-state index is 12.1. The zero-order chi connectivity index (χ0) is 13.3. The van der Waals surface area contributed by atoms with Gasteiger partial charge in [-0.05, 0) is 19.1 Å². The first-order valence-corrected chi connectivity index (χ1v) is 5.32. The van der Waals surface area contributed by atoms with Crippen molar-refractivity contribution >= 4 is 29.3 Å². The molecule has 0 amide bonds. The SMILES string of the molecule is COc1cnc2ccn(C(C)C(=O)O)c(=O)c2c1.Cl. The maximum Gasteiger partial charge on any atom is 0.326 e. The average molecular weight is 285 g/mol. The van der Waals surface area contributed by atoms with Crippen LogP contribution in [0.5, 0.6) is 5.75 Å². The fourth-order valence-corrected chi connectivity index (χ4v) is 1.65. The van der Waals surface area contributed by atoms with Gasteiger partial charge in [-0.15, -0.1) is 12.4 Å². The van der Waals surface area contributed by atoms with Crippen molar-refractivity contribution in [3.8, 4) is 5.75 Å². The lowest BCUT2D eigenvalue weighted by atomic mass is 10.2. The van der Waals surface area contributed by atoms with Crippen molar-refractivity contribution in [1.82, 2.24) is 9.55 Å². The molecular weight excluding hydrogens is 272 g/mol. The molecular formula is C12H13ClN2O4. The summed E-state index contributed by atoms with van der Waals surface area (Å²) in [5.41, 5.74) is 0.114. The Morgan fingerprint density at radius 2 is 2.21 bits per heavy atom. The Hall–Kier alpha value is -2.08. The molecule has 0 saturated carbocycles. The van der Waals surface area contributed by atoms with Gasteiger partial charge in [-0.25, -0.2) is 4.79 Å². The third-order valence-electron chi connectivity index (χ3n) is 2.76. The predicted octanol–water partition coefficient (Wildman–Crippen LogP) is 1.47. The van der Waals surface area contributed by atoms with Gasteiger partial charge < -0.3 is 14.4 Å². The van der Waals surface area contributed by atoms with Crippen LogP contribution < -0.4 is 10.3 Å². The number of aromatic nitrogens is 2. The quantitative estimate of drug-likeness (QED) is 0.923. The molecule has 1 atom stereocenters. The van der Waals surface area contributed by atoms with Gasteiger partial charge in [0.1, 0.15) is 11.8 Å². The number of nitrogens with zero attached hydrogens (tertiary/aromatic N) is 2. The maximum atomic E-state index is 12.1. The summed E-state index contributed by atoms with van der Waals surface area (Å²) in [6, 6.07) is 2.24. The molecule has 7 heteroatoms. The zero-order valence-corrected chi connectivity index (χ0v) is 11.2. The normalized spacial score (nSPS) is 11.7. The number of hydrogen-bond acceptors (Lipinski definition) is 4. The molecule has 0 bridgehead atoms. The lowest BCUT2D eigenvalue weighted by Gasteiger charge is -2.11. The second kappa shape index (κ2) is 5.71. The molecule has 2 aromatic rings. The monoisotopic (exact) mass is 284 g/mol. The van der Waals surface area contributed by atoms with Crippen LogP contribution in [0.1, 0.15) is 13.0 Å². The molecule has 6 nitrogen and oxygen atoms in total. The second-order valence-electron chi connectivity index (χ2n) is 3.85. The number of rotatable bonds is 3. The highest BCUT2D eigenvalue weighted by atomic mass is 35.5. The van der Waals surface area contributed by atoms with Crippen molar-refractivity contribution in [1.29, 1.82) is 0 Å². The fraction of sp³-hybridized carbons (Fsp3) is 0.250. The summed E-state index contributed by atoms with van der Waals surface area (Å²) in [5, 5.41) is 9.27. The summed E-state index contributed by atoms with van der Waals surface area (Å²) in [5.74, 6) is -0.604. The van der Waals surface area contributed by atoms with E-state index in [2.05, 4.69) is 4.98 Å². The molecule has 2 aromatic heterocycles. The van der Waals surface area contributed by atoms with Gasteiger partial charge in [0.05, 0.1) is 24.2 Å². The number of pyridine rings is 2. The van der Waals surface area contributed by atoms with Crippen LogP contribution >= 0.6 is 12.4 Å². The first kappa shape index (κ1) is 15.0. The fourth-order valence-electron chi connectivity index (χ4n) is 1.65. The van der Waals surface area contributed by atoms with E-state index in [1.807, 2.05) is 0 Å². The number of carbonyl (C=O) groups is 1. The van der Waals surface area contributed by atoms with Crippen LogP contribution in [-0.2, 0) is 4.79 Å². The molecule has 0 spiro atoms. The third-order valence-corrected chi connectivity index (χ3v) is 2.76. The number of carboxylic acid groups (broad SMARTS) is 1. The molecule has 102 valence electrons. The molecule has 1 unspecified atom stereocenters. The summed E-state index contributed by atoms with van der Waals surface area (Å²) < 4.78 is 6.16. The van der Waals surface area contributed by atoms with Crippen molar-refractivity contribution in [2.75, 3.05) is 7.11 Å². The minimum absolute atomic E-state index is 0. The second-order valence-corrected chi connectivity index (χ2v) is 3.85. The van der Waals surface area contributed by atoms with E-state index in [-0.39, 0.29) is 12.4 Å². The van der Waals surface area contributed by atoms with Gasteiger partial charge in [0, 0.05) is 6.20 Å². The lowest BCUT2D eigenvalue weighted by molar-refractivity contribution is -0.140. The summed E-state index contributed by atoms with van der Waals surface area (Å²) in [6.07, 6.45) is 2.94. The van der Waals surface area contributed by atoms with Gasteiger partial charge >= 0.3 is 5.97 Å². The first-order chi connectivity index (χ1) is 8.54. The van der Waals surface area contributed by atoms with Crippen molar-refractivity contribution in [2.24, 2.45) is 0 Å². The number of carboxylic acids is 1. The summed E-state index contributed by atoms with van der Waals surface area (Å²) in [4.78, 5) is 27.1. The van der Waals surface area contributed by atoms with Crippen LogP contribution in [0.15, 0.2) is 29.3 Å². The summed E-state index contributed by atoms with van der Waals surface area (Å²) in [7, 11) is 1.48. The Kier molecular flexibility index (Phi) is 4.50. The predicted molar refractivity (Wildman–Crippen MR) is 72.1 cm³/mol. The van der Waals surface area contributed by atoms with Gasteiger partial charge in [-0.3, -0.25) is 9.78 Å². The minimum Gasteiger partial charge on any atom is -0.495 e. The Morgan fingerprint density at radius 3 is 2.79 bits per heavy atom. The van der Waals surface area contributed by atoms with Gasteiger partial charge in [-0.1, -0.05) is 0 Å². The molecule has 0 aromatic carbocycles. The van der Waals surface area contributed by atoms with Crippen molar-refractivity contribution in [3.63, 3.8) is 0 Å². The van der Waals surface area contributed by atoms with E-state index in [1.165, 1.54) is 26.4 Å². The lowest BCUT2D eigenvalue weighted by Crippen LogP contribution is -2.27. The number of ether oxygens (including phenoxy) is 1. The first-order valence-electron chi connectivity index (χ1n) is 5.32. The molecule has 2 heterocycles. The average Bonchev–Trinajstić information content (AvgIpc) is 2.38. The molecule has 0 aliphatic rings. The molecule has 1 N–H and O–H groups in total. The Bertz CT molecular complexity index is 668. The molecule has 2 rings (SSSR count). The van der Waals surface area contributed by atoms with Gasteiger partial charge in [0.2, 0.25) is 0 Å². The molecule has 0 fully saturated rings. The third kappa shape index (κ3) is 2.68. The summed E-state index contributed by atoms with van der Waals surface area (Å²) in [6.45, 7) is 1.45. The number of methoxy groups -OCH3 is 1. The topological polar surface area (TPSA) is 81.4 Å². The Morgan fingerprint density at radius 1 is 1.53 bits per heavy atom. The number of halogens is 1. The highest BCUT2D eigenvalue weighted by molar-refractivity contribution is 5.85. The van der Waals surface area contributed by atoms with E-state index in [0.29, 0.717) is 16.7 Å². The molecule has 0 aliphatic heterocycles. The molecule has 0 aliphatic carbocycles. The standard InChI is InChI=1S/C12H12N2O4.ClH/c1-7(12(16)17)14-4-3-10-9(11(14)15)5-8(18-2)6-13-10;/h3-7H,1-2H3,(H,16,17);1H. The van der Waals surface area contributed by atoms with E-state index < -0.39 is 17.6 Å². The van der Waals surface area contributed by atoms with Crippen LogP contribution in [0.3, 0.4) is 0 Å². The van der Waals surface area contributed by atoms with Crippen LogP contribution in [0.4, 0.5) is 0 Å². The van der Waals surface area contributed by atoms with E-state index in [0.717, 1.165) is 4.57 Å². The Labute approximate surface area is 115 Å². The minimum atomic E-state index is -1.06. The highest BCUT2D eigenvalue weighted by Crippen LogP contribution is 2.15. The summed E-state index contributed by atoms with van der Waals surface area (Å²) >= 11 is 0. The number of hydrogen-bond donors (Lipinski definition) is 1. The Balaban J connectivity index is 0.00000180. The van der Waals surface area contributed by atoms with E-state index in [4.69, 9.17) is 9.84 Å². The van der Waals surface area contributed by atoms with Gasteiger partial charge in [0.15, 0.2) is 0 Å². The van der Waals surface area contributed by atoms with E-state index in [9.17, 15) is 9.59 Å². The highest BCUT2D eigenvalue weighted by Gasteiger charge is 2.16. The van der Waals surface area contributed by atoms with Crippen LogP contribution in [0, 0.1) is 0 Å². The van der Waals surface area contributed by atoms with Crippen LogP contribution in [-0.4, -0.2) is 27.7 Å². The van der Waals surface area contributed by atoms with E-state index >= 15 is 0 Å². The molecule has 19 heavy (non-hydrogen) atoms. The largest absolute Gasteiger partial charge is 0.495 e. The van der Waals surface area contributed by atoms with Gasteiger partial charge in [-0.2, -0.15) is 0 Å². The van der Waals surface area contributed by atoms with Crippen LogP contribution in [0.25, 0.3) is 10.9 Å².